The fourth-order valence-corrected chi connectivity index (χ4v) is 2.40. The highest BCUT2D eigenvalue weighted by molar-refractivity contribution is 7.13. The highest BCUT2D eigenvalue weighted by atomic mass is 32.1. The highest BCUT2D eigenvalue weighted by Crippen LogP contribution is 2.33. The summed E-state index contributed by atoms with van der Waals surface area (Å²) in [4.78, 5) is 15.2. The average Bonchev–Trinajstić information content (AvgIpc) is 2.73. The molecule has 0 amide bonds. The Hall–Kier alpha value is -0.950. The van der Waals surface area contributed by atoms with Gasteiger partial charge in [0.15, 0.2) is 10.8 Å². The summed E-state index contributed by atoms with van der Waals surface area (Å²) in [6, 6.07) is 0. The molecule has 1 atom stereocenters. The van der Waals surface area contributed by atoms with Crippen LogP contribution in [-0.4, -0.2) is 17.3 Å². The van der Waals surface area contributed by atoms with Crippen molar-refractivity contribution in [2.45, 2.75) is 26.4 Å². The zero-order valence-corrected chi connectivity index (χ0v) is 10.9. The van der Waals surface area contributed by atoms with Gasteiger partial charge in [0.05, 0.1) is 4.88 Å². The molecular weight excluding hydrogens is 265 g/mol. The molecule has 1 heterocycles. The molecule has 0 saturated heterocycles. The van der Waals surface area contributed by atoms with Crippen LogP contribution in [0.1, 0.15) is 34.9 Å². The first-order valence-corrected chi connectivity index (χ1v) is 6.34. The summed E-state index contributed by atoms with van der Waals surface area (Å²) >= 11 is 0.378. The molecule has 0 radical (unpaired) electrons. The zero-order valence-electron chi connectivity index (χ0n) is 10.1. The van der Waals surface area contributed by atoms with Crippen LogP contribution in [0.15, 0.2) is 6.20 Å². The van der Waals surface area contributed by atoms with E-state index in [2.05, 4.69) is 4.98 Å². The Bertz CT molecular complexity index is 415. The molecule has 0 aliphatic carbocycles. The Morgan fingerprint density at radius 1 is 1.50 bits per heavy atom. The van der Waals surface area contributed by atoms with Gasteiger partial charge in [0.25, 0.3) is 0 Å². The smallest absolute Gasteiger partial charge is 0.330 e. The molecule has 0 fully saturated rings. The quantitative estimate of drug-likeness (QED) is 0.844. The van der Waals surface area contributed by atoms with Crippen molar-refractivity contribution in [1.29, 1.82) is 0 Å². The summed E-state index contributed by atoms with van der Waals surface area (Å²) in [6.45, 7) is 4.00. The van der Waals surface area contributed by atoms with E-state index in [0.29, 0.717) is 17.8 Å². The Labute approximate surface area is 107 Å². The molecule has 1 aromatic heterocycles. The zero-order chi connectivity index (χ0) is 13.9. The van der Waals surface area contributed by atoms with Gasteiger partial charge < -0.3 is 5.73 Å². The summed E-state index contributed by atoms with van der Waals surface area (Å²) < 4.78 is 37.1. The summed E-state index contributed by atoms with van der Waals surface area (Å²) in [5.74, 6) is -0.525. The van der Waals surface area contributed by atoms with Gasteiger partial charge in [-0.25, -0.2) is 4.98 Å². The number of halogens is 3. The minimum Gasteiger partial charge on any atom is -0.330 e. The largest absolute Gasteiger partial charge is 0.443 e. The maximum atomic E-state index is 12.4. The molecule has 1 rings (SSSR count). The number of hydrogen-bond donors (Lipinski definition) is 1. The van der Waals surface area contributed by atoms with Crippen molar-refractivity contribution in [3.63, 3.8) is 0 Å². The Kier molecular flexibility index (Phi) is 4.86. The van der Waals surface area contributed by atoms with Crippen molar-refractivity contribution in [1.82, 2.24) is 4.98 Å². The lowest BCUT2D eigenvalue weighted by atomic mass is 9.93. The lowest BCUT2D eigenvalue weighted by molar-refractivity contribution is -0.137. The molecule has 0 aliphatic rings. The maximum Gasteiger partial charge on any atom is 0.443 e. The van der Waals surface area contributed by atoms with Crippen LogP contribution in [0.5, 0.6) is 0 Å². The number of rotatable bonds is 5. The lowest BCUT2D eigenvalue weighted by Crippen LogP contribution is -2.24. The number of ketones is 1. The van der Waals surface area contributed by atoms with E-state index < -0.39 is 17.1 Å². The second-order valence-corrected chi connectivity index (χ2v) is 5.48. The number of carbonyl (C=O) groups is 1. The summed E-state index contributed by atoms with van der Waals surface area (Å²) in [7, 11) is 0. The van der Waals surface area contributed by atoms with Gasteiger partial charge in [0.1, 0.15) is 0 Å². The van der Waals surface area contributed by atoms with Crippen molar-refractivity contribution < 1.29 is 18.0 Å². The van der Waals surface area contributed by atoms with Crippen LogP contribution in [0, 0.1) is 11.8 Å². The van der Waals surface area contributed by atoms with Gasteiger partial charge in [-0.2, -0.15) is 13.2 Å². The molecule has 102 valence electrons. The second kappa shape index (κ2) is 5.79. The van der Waals surface area contributed by atoms with Crippen molar-refractivity contribution in [3.05, 3.63) is 16.1 Å². The van der Waals surface area contributed by atoms with Gasteiger partial charge >= 0.3 is 6.18 Å². The van der Waals surface area contributed by atoms with E-state index in [4.69, 9.17) is 5.73 Å². The number of hydrogen-bond acceptors (Lipinski definition) is 4. The van der Waals surface area contributed by atoms with Crippen molar-refractivity contribution in [2.24, 2.45) is 17.6 Å². The van der Waals surface area contributed by atoms with Gasteiger partial charge in [-0.1, -0.05) is 13.8 Å². The normalized spacial score (nSPS) is 13.9. The first-order valence-electron chi connectivity index (χ1n) is 5.53. The predicted octanol–water partition coefficient (Wildman–Crippen LogP) is 2.97. The maximum absolute atomic E-state index is 12.4. The summed E-state index contributed by atoms with van der Waals surface area (Å²) in [5, 5.41) is -0.994. The molecule has 0 aromatic carbocycles. The Morgan fingerprint density at radius 2 is 2.11 bits per heavy atom. The van der Waals surface area contributed by atoms with Crippen LogP contribution in [0.4, 0.5) is 13.2 Å². The predicted molar refractivity (Wildman–Crippen MR) is 63.4 cm³/mol. The van der Waals surface area contributed by atoms with E-state index in [1.54, 1.807) is 0 Å². The molecule has 18 heavy (non-hydrogen) atoms. The van der Waals surface area contributed by atoms with E-state index in [9.17, 15) is 18.0 Å². The first-order chi connectivity index (χ1) is 8.25. The molecule has 0 spiro atoms. The molecule has 0 aliphatic heterocycles. The number of aromatic nitrogens is 1. The van der Waals surface area contributed by atoms with Crippen molar-refractivity contribution in [2.75, 3.05) is 6.54 Å². The van der Waals surface area contributed by atoms with E-state index in [1.807, 2.05) is 13.8 Å². The van der Waals surface area contributed by atoms with Crippen LogP contribution in [0.25, 0.3) is 0 Å². The SMILES string of the molecule is CC(C)CC(CN)C(=O)c1cnc(C(F)(F)F)s1. The number of nitrogens with two attached hydrogens (primary N) is 1. The van der Waals surface area contributed by atoms with E-state index in [1.165, 1.54) is 0 Å². The van der Waals surface area contributed by atoms with Crippen LogP contribution < -0.4 is 5.73 Å². The molecular formula is C11H15F3N2OS. The third-order valence-electron chi connectivity index (χ3n) is 2.40. The molecule has 0 bridgehead atoms. The number of Topliss-reactive ketones (excluding diaryl/α,β-unsaturated/α-hetero) is 1. The van der Waals surface area contributed by atoms with Gasteiger partial charge in [0, 0.05) is 18.7 Å². The molecule has 7 heteroatoms. The van der Waals surface area contributed by atoms with E-state index in [0.717, 1.165) is 6.20 Å². The topological polar surface area (TPSA) is 56.0 Å². The van der Waals surface area contributed by atoms with Gasteiger partial charge in [-0.3, -0.25) is 4.79 Å². The molecule has 1 aromatic rings. The Balaban J connectivity index is 2.86. The molecule has 1 unspecified atom stereocenters. The Morgan fingerprint density at radius 3 is 2.50 bits per heavy atom. The van der Waals surface area contributed by atoms with Crippen LogP contribution in [0.3, 0.4) is 0 Å². The first kappa shape index (κ1) is 15.1. The van der Waals surface area contributed by atoms with E-state index in [-0.39, 0.29) is 23.1 Å². The van der Waals surface area contributed by atoms with Crippen LogP contribution >= 0.6 is 11.3 Å². The lowest BCUT2D eigenvalue weighted by Gasteiger charge is -2.14. The number of thiazole rings is 1. The standard InChI is InChI=1S/C11H15F3N2OS/c1-6(2)3-7(4-15)9(17)8-5-16-10(18-8)11(12,13)14/h5-7H,3-4,15H2,1-2H3. The minimum absolute atomic E-state index is 0.0263. The van der Waals surface area contributed by atoms with Crippen molar-refractivity contribution >= 4 is 17.1 Å². The average molecular weight is 280 g/mol. The van der Waals surface area contributed by atoms with E-state index >= 15 is 0 Å². The molecule has 2 N–H and O–H groups in total. The van der Waals surface area contributed by atoms with Crippen LogP contribution in [-0.2, 0) is 6.18 Å². The third kappa shape index (κ3) is 3.78. The summed E-state index contributed by atoms with van der Waals surface area (Å²) in [5.41, 5.74) is 5.49. The van der Waals surface area contributed by atoms with Gasteiger partial charge in [-0.15, -0.1) is 11.3 Å². The minimum atomic E-state index is -4.50. The fourth-order valence-electron chi connectivity index (χ4n) is 1.60. The monoisotopic (exact) mass is 280 g/mol. The number of nitrogens with zero attached hydrogens (tertiary/aromatic N) is 1. The van der Waals surface area contributed by atoms with Crippen molar-refractivity contribution in [3.8, 4) is 0 Å². The number of alkyl halides is 3. The number of carbonyl (C=O) groups excluding carboxylic acids is 1. The third-order valence-corrected chi connectivity index (χ3v) is 3.46. The van der Waals surface area contributed by atoms with Gasteiger partial charge in [-0.05, 0) is 12.3 Å². The van der Waals surface area contributed by atoms with Gasteiger partial charge in [0.2, 0.25) is 0 Å². The fraction of sp³-hybridized carbons (Fsp3) is 0.636. The second-order valence-electron chi connectivity index (χ2n) is 4.45. The molecule has 3 nitrogen and oxygen atoms in total. The van der Waals surface area contributed by atoms with Crippen LogP contribution in [0.2, 0.25) is 0 Å². The molecule has 0 saturated carbocycles. The summed E-state index contributed by atoms with van der Waals surface area (Å²) in [6.07, 6.45) is -2.95. The highest BCUT2D eigenvalue weighted by Gasteiger charge is 2.35.